The lowest BCUT2D eigenvalue weighted by molar-refractivity contribution is -0.138. The van der Waals surface area contributed by atoms with Crippen LogP contribution in [0.15, 0.2) is 18.2 Å². The summed E-state index contributed by atoms with van der Waals surface area (Å²) in [7, 11) is 1.66. The molecule has 4 nitrogen and oxygen atoms in total. The molecule has 1 rings (SSSR count). The molecule has 0 saturated heterocycles. The molecule has 82 valence electrons. The van der Waals surface area contributed by atoms with Gasteiger partial charge in [0.05, 0.1) is 6.54 Å². The normalized spacial score (nSPS) is 10.6. The zero-order chi connectivity index (χ0) is 11.4. The van der Waals surface area contributed by atoms with Crippen molar-refractivity contribution in [3.63, 3.8) is 0 Å². The van der Waals surface area contributed by atoms with E-state index in [0.717, 1.165) is 0 Å². The molecule has 0 aromatic heterocycles. The lowest BCUT2D eigenvalue weighted by Gasteiger charge is -2.14. The maximum atomic E-state index is 10.4. The number of phenols is 1. The summed E-state index contributed by atoms with van der Waals surface area (Å²) in [5.41, 5.74) is 0.617. The van der Waals surface area contributed by atoms with Gasteiger partial charge in [-0.3, -0.25) is 9.69 Å². The van der Waals surface area contributed by atoms with E-state index < -0.39 is 5.97 Å². The van der Waals surface area contributed by atoms with Gasteiger partial charge in [-0.25, -0.2) is 0 Å². The van der Waals surface area contributed by atoms with Crippen molar-refractivity contribution in [3.05, 3.63) is 28.8 Å². The molecule has 5 heteroatoms. The van der Waals surface area contributed by atoms with Gasteiger partial charge in [-0.05, 0) is 25.2 Å². The lowest BCUT2D eigenvalue weighted by Crippen LogP contribution is -2.25. The highest BCUT2D eigenvalue weighted by Crippen LogP contribution is 2.22. The summed E-state index contributed by atoms with van der Waals surface area (Å²) in [6.45, 7) is 0.268. The molecular formula is C10H12ClNO3. The summed E-state index contributed by atoms with van der Waals surface area (Å²) in [4.78, 5) is 12.0. The Morgan fingerprint density at radius 3 is 2.80 bits per heavy atom. The van der Waals surface area contributed by atoms with Crippen molar-refractivity contribution >= 4 is 17.6 Å². The van der Waals surface area contributed by atoms with Gasteiger partial charge in [-0.2, -0.15) is 0 Å². The average Bonchev–Trinajstić information content (AvgIpc) is 2.10. The quantitative estimate of drug-likeness (QED) is 0.823. The van der Waals surface area contributed by atoms with E-state index in [1.165, 1.54) is 6.07 Å². The number of rotatable bonds is 4. The van der Waals surface area contributed by atoms with Gasteiger partial charge in [0, 0.05) is 17.1 Å². The lowest BCUT2D eigenvalue weighted by atomic mass is 10.2. The predicted molar refractivity (Wildman–Crippen MR) is 57.1 cm³/mol. The molecule has 0 amide bonds. The van der Waals surface area contributed by atoms with Crippen molar-refractivity contribution in [2.75, 3.05) is 13.6 Å². The zero-order valence-corrected chi connectivity index (χ0v) is 9.03. The molecule has 0 saturated carbocycles. The fourth-order valence-electron chi connectivity index (χ4n) is 1.26. The number of aliphatic carboxylic acids is 1. The molecule has 0 aliphatic heterocycles. The van der Waals surface area contributed by atoms with Crippen LogP contribution in [0.3, 0.4) is 0 Å². The van der Waals surface area contributed by atoms with Crippen LogP contribution >= 0.6 is 11.6 Å². The second kappa shape index (κ2) is 5.00. The molecule has 15 heavy (non-hydrogen) atoms. The summed E-state index contributed by atoms with van der Waals surface area (Å²) in [6, 6.07) is 4.69. The molecule has 0 radical (unpaired) electrons. The second-order valence-corrected chi connectivity index (χ2v) is 3.78. The summed E-state index contributed by atoms with van der Waals surface area (Å²) in [6.07, 6.45) is 0. The summed E-state index contributed by atoms with van der Waals surface area (Å²) >= 11 is 5.76. The Hall–Kier alpha value is -1.26. The molecule has 1 aromatic rings. The summed E-state index contributed by atoms with van der Waals surface area (Å²) < 4.78 is 0. The smallest absolute Gasteiger partial charge is 0.317 e. The molecule has 0 unspecified atom stereocenters. The van der Waals surface area contributed by atoms with Crippen molar-refractivity contribution in [2.45, 2.75) is 6.54 Å². The number of nitrogens with zero attached hydrogens (tertiary/aromatic N) is 1. The van der Waals surface area contributed by atoms with Gasteiger partial charge in [0.25, 0.3) is 0 Å². The fraction of sp³-hybridized carbons (Fsp3) is 0.300. The largest absolute Gasteiger partial charge is 0.508 e. The van der Waals surface area contributed by atoms with Gasteiger partial charge < -0.3 is 10.2 Å². The Morgan fingerprint density at radius 1 is 1.53 bits per heavy atom. The minimum atomic E-state index is -0.904. The molecular weight excluding hydrogens is 218 g/mol. The van der Waals surface area contributed by atoms with Gasteiger partial charge >= 0.3 is 5.97 Å². The first-order valence-corrected chi connectivity index (χ1v) is 4.74. The highest BCUT2D eigenvalue weighted by atomic mass is 35.5. The molecule has 2 N–H and O–H groups in total. The van der Waals surface area contributed by atoms with Crippen LogP contribution in [0, 0.1) is 0 Å². The van der Waals surface area contributed by atoms with Crippen molar-refractivity contribution in [1.82, 2.24) is 4.90 Å². The van der Waals surface area contributed by atoms with Gasteiger partial charge in [0.1, 0.15) is 5.75 Å². The van der Waals surface area contributed by atoms with Crippen LogP contribution in [0.4, 0.5) is 0 Å². The maximum absolute atomic E-state index is 10.4. The van der Waals surface area contributed by atoms with Gasteiger partial charge in [-0.1, -0.05) is 11.6 Å². The molecule has 0 atom stereocenters. The van der Waals surface area contributed by atoms with Gasteiger partial charge in [-0.15, -0.1) is 0 Å². The van der Waals surface area contributed by atoms with Crippen LogP contribution in [0.25, 0.3) is 0 Å². The fourth-order valence-corrected chi connectivity index (χ4v) is 1.45. The first-order valence-electron chi connectivity index (χ1n) is 4.37. The molecule has 0 spiro atoms. The second-order valence-electron chi connectivity index (χ2n) is 3.34. The molecule has 0 aliphatic carbocycles. The van der Waals surface area contributed by atoms with Gasteiger partial charge in [0.2, 0.25) is 0 Å². The Labute approximate surface area is 92.7 Å². The maximum Gasteiger partial charge on any atom is 0.317 e. The number of halogens is 1. The van der Waals surface area contributed by atoms with E-state index in [-0.39, 0.29) is 12.3 Å². The van der Waals surface area contributed by atoms with E-state index in [4.69, 9.17) is 16.7 Å². The van der Waals surface area contributed by atoms with E-state index in [1.807, 2.05) is 0 Å². The zero-order valence-electron chi connectivity index (χ0n) is 8.27. The Bertz CT molecular complexity index is 368. The molecule has 0 bridgehead atoms. The van der Waals surface area contributed by atoms with Gasteiger partial charge in [0.15, 0.2) is 0 Å². The predicted octanol–water partition coefficient (Wildman–Crippen LogP) is 1.56. The molecule has 0 aliphatic rings. The van der Waals surface area contributed by atoms with Crippen LogP contribution < -0.4 is 0 Å². The van der Waals surface area contributed by atoms with Crippen LogP contribution in [0.5, 0.6) is 5.75 Å². The van der Waals surface area contributed by atoms with Crippen molar-refractivity contribution in [2.24, 2.45) is 0 Å². The minimum Gasteiger partial charge on any atom is -0.508 e. The van der Waals surface area contributed by atoms with Crippen LogP contribution in [0.2, 0.25) is 5.02 Å². The molecule has 0 fully saturated rings. The highest BCUT2D eigenvalue weighted by molar-refractivity contribution is 6.30. The highest BCUT2D eigenvalue weighted by Gasteiger charge is 2.08. The summed E-state index contributed by atoms with van der Waals surface area (Å²) in [5, 5.41) is 18.6. The number of hydrogen-bond donors (Lipinski definition) is 2. The molecule has 1 aromatic carbocycles. The van der Waals surface area contributed by atoms with E-state index >= 15 is 0 Å². The Kier molecular flexibility index (Phi) is 3.94. The number of aromatic hydroxyl groups is 1. The van der Waals surface area contributed by atoms with E-state index in [0.29, 0.717) is 17.1 Å². The number of carbonyl (C=O) groups is 1. The van der Waals surface area contributed by atoms with Crippen molar-refractivity contribution < 1.29 is 15.0 Å². The number of phenolic OH excluding ortho intramolecular Hbond substituents is 1. The van der Waals surface area contributed by atoms with Crippen LogP contribution in [-0.2, 0) is 11.3 Å². The van der Waals surface area contributed by atoms with Crippen molar-refractivity contribution in [1.29, 1.82) is 0 Å². The standard InChI is InChI=1S/C10H12ClNO3/c1-12(6-10(14)15)5-7-4-8(11)2-3-9(7)13/h2-4,13H,5-6H2,1H3,(H,14,15). The number of carboxylic acids is 1. The number of benzene rings is 1. The Morgan fingerprint density at radius 2 is 2.20 bits per heavy atom. The first kappa shape index (κ1) is 11.8. The van der Waals surface area contributed by atoms with E-state index in [2.05, 4.69) is 0 Å². The minimum absolute atomic E-state index is 0.0774. The average molecular weight is 230 g/mol. The monoisotopic (exact) mass is 229 g/mol. The SMILES string of the molecule is CN(CC(=O)O)Cc1cc(Cl)ccc1O. The number of likely N-dealkylation sites (N-methyl/N-ethyl adjacent to an activating group) is 1. The summed E-state index contributed by atoms with van der Waals surface area (Å²) in [5.74, 6) is -0.782. The number of hydrogen-bond acceptors (Lipinski definition) is 3. The van der Waals surface area contributed by atoms with E-state index in [9.17, 15) is 9.90 Å². The van der Waals surface area contributed by atoms with E-state index in [1.54, 1.807) is 24.1 Å². The first-order chi connectivity index (χ1) is 6.99. The van der Waals surface area contributed by atoms with Crippen LogP contribution in [-0.4, -0.2) is 34.7 Å². The van der Waals surface area contributed by atoms with Crippen LogP contribution in [0.1, 0.15) is 5.56 Å². The third-order valence-electron chi connectivity index (χ3n) is 1.89. The topological polar surface area (TPSA) is 60.8 Å². The third-order valence-corrected chi connectivity index (χ3v) is 2.12. The third kappa shape index (κ3) is 3.77. The number of carboxylic acid groups (broad SMARTS) is 1. The molecule has 0 heterocycles. The Balaban J connectivity index is 2.71. The van der Waals surface area contributed by atoms with Crippen molar-refractivity contribution in [3.8, 4) is 5.75 Å².